The van der Waals surface area contributed by atoms with Crippen molar-refractivity contribution in [1.29, 1.82) is 0 Å². The molecule has 5 nitrogen and oxygen atoms in total. The normalized spacial score (nSPS) is 17.4. The van der Waals surface area contributed by atoms with Crippen molar-refractivity contribution in [2.24, 2.45) is 0 Å². The molecule has 21 heavy (non-hydrogen) atoms. The predicted octanol–water partition coefficient (Wildman–Crippen LogP) is 0.178. The number of nitrogens with one attached hydrogen (secondary N) is 2. The Morgan fingerprint density at radius 2 is 2.33 bits per heavy atom. The first-order valence-electron chi connectivity index (χ1n) is 6.59. The van der Waals surface area contributed by atoms with Crippen LogP contribution in [0, 0.1) is 17.7 Å². The number of carbonyl (C=O) groups excluding carboxylic acids is 2. The van der Waals surface area contributed by atoms with Gasteiger partial charge in [0.1, 0.15) is 18.5 Å². The third-order valence-corrected chi connectivity index (χ3v) is 3.11. The van der Waals surface area contributed by atoms with E-state index in [1.807, 2.05) is 0 Å². The molecule has 1 saturated heterocycles. The van der Waals surface area contributed by atoms with Gasteiger partial charge in [0, 0.05) is 12.1 Å². The van der Waals surface area contributed by atoms with Gasteiger partial charge in [0.2, 0.25) is 5.91 Å². The number of benzene rings is 1. The van der Waals surface area contributed by atoms with E-state index in [1.165, 1.54) is 12.1 Å². The highest BCUT2D eigenvalue weighted by Crippen LogP contribution is 2.12. The number of aliphatic hydroxyl groups excluding tert-OH is 1. The number of amides is 2. The van der Waals surface area contributed by atoms with Gasteiger partial charge >= 0.3 is 0 Å². The molecule has 0 bridgehead atoms. The smallest absolute Gasteiger partial charge is 0.254 e. The topological polar surface area (TPSA) is 78.4 Å². The van der Waals surface area contributed by atoms with Gasteiger partial charge in [-0.15, -0.1) is 0 Å². The van der Waals surface area contributed by atoms with Gasteiger partial charge in [-0.25, -0.2) is 4.39 Å². The van der Waals surface area contributed by atoms with E-state index in [2.05, 4.69) is 22.5 Å². The summed E-state index contributed by atoms with van der Waals surface area (Å²) in [6, 6.07) is 3.21. The summed E-state index contributed by atoms with van der Waals surface area (Å²) in [4.78, 5) is 23.7. The third kappa shape index (κ3) is 3.80. The lowest BCUT2D eigenvalue weighted by Crippen LogP contribution is -2.50. The predicted molar refractivity (Wildman–Crippen MR) is 73.9 cm³/mol. The maximum absolute atomic E-state index is 13.7. The van der Waals surface area contributed by atoms with Gasteiger partial charge in [0.25, 0.3) is 5.91 Å². The summed E-state index contributed by atoms with van der Waals surface area (Å²) in [5.74, 6) is 3.44. The molecule has 1 aromatic carbocycles. The van der Waals surface area contributed by atoms with Crippen LogP contribution in [0.4, 0.5) is 4.39 Å². The summed E-state index contributed by atoms with van der Waals surface area (Å²) in [6.07, 6.45) is 1.30. The molecule has 2 rings (SSSR count). The second kappa shape index (κ2) is 6.86. The van der Waals surface area contributed by atoms with Gasteiger partial charge in [-0.1, -0.05) is 11.8 Å². The SMILES string of the molecule is O=C(NC1CCCNC1=O)c1cc(C#CCO)ccc1F. The molecule has 1 aliphatic heterocycles. The van der Waals surface area contributed by atoms with Gasteiger partial charge in [0.05, 0.1) is 5.56 Å². The molecule has 0 radical (unpaired) electrons. The van der Waals surface area contributed by atoms with Crippen molar-refractivity contribution in [3.63, 3.8) is 0 Å². The van der Waals surface area contributed by atoms with Crippen LogP contribution in [-0.4, -0.2) is 36.1 Å². The Balaban J connectivity index is 2.16. The zero-order chi connectivity index (χ0) is 15.2. The van der Waals surface area contributed by atoms with Gasteiger partial charge in [-0.05, 0) is 31.0 Å². The van der Waals surface area contributed by atoms with Crippen LogP contribution in [0.5, 0.6) is 0 Å². The molecule has 6 heteroatoms. The highest BCUT2D eigenvalue weighted by atomic mass is 19.1. The lowest BCUT2D eigenvalue weighted by atomic mass is 10.1. The number of hydrogen-bond donors (Lipinski definition) is 3. The van der Waals surface area contributed by atoms with Crippen LogP contribution in [-0.2, 0) is 4.79 Å². The molecule has 1 fully saturated rings. The number of rotatable bonds is 2. The quantitative estimate of drug-likeness (QED) is 0.680. The highest BCUT2D eigenvalue weighted by molar-refractivity contribution is 5.98. The Morgan fingerprint density at radius 1 is 1.52 bits per heavy atom. The van der Waals surface area contributed by atoms with Gasteiger partial charge in [-0.3, -0.25) is 9.59 Å². The lowest BCUT2D eigenvalue weighted by molar-refractivity contribution is -0.124. The summed E-state index contributed by atoms with van der Waals surface area (Å²) < 4.78 is 13.7. The maximum Gasteiger partial charge on any atom is 0.254 e. The van der Waals surface area contributed by atoms with Crippen LogP contribution in [0.3, 0.4) is 0 Å². The molecular formula is C15H15FN2O3. The molecule has 1 heterocycles. The number of piperidine rings is 1. The second-order valence-electron chi connectivity index (χ2n) is 4.61. The standard InChI is InChI=1S/C15H15FN2O3/c16-12-6-5-10(3-2-8-19)9-11(12)14(20)18-13-4-1-7-17-15(13)21/h5-6,9,13,19H,1,4,7-8H2,(H,17,21)(H,18,20). The summed E-state index contributed by atoms with van der Waals surface area (Å²) in [5.41, 5.74) is 0.252. The fourth-order valence-corrected chi connectivity index (χ4v) is 2.06. The molecule has 0 aliphatic carbocycles. The van der Waals surface area contributed by atoms with E-state index < -0.39 is 17.8 Å². The highest BCUT2D eigenvalue weighted by Gasteiger charge is 2.25. The minimum absolute atomic E-state index is 0.168. The first-order valence-corrected chi connectivity index (χ1v) is 6.59. The van der Waals surface area contributed by atoms with E-state index in [4.69, 9.17) is 5.11 Å². The molecule has 1 atom stereocenters. The summed E-state index contributed by atoms with van der Waals surface area (Å²) in [6.45, 7) is 0.271. The van der Waals surface area contributed by atoms with Crippen LogP contribution < -0.4 is 10.6 Å². The molecular weight excluding hydrogens is 275 g/mol. The van der Waals surface area contributed by atoms with Gasteiger partial charge in [-0.2, -0.15) is 0 Å². The first kappa shape index (κ1) is 15.0. The molecule has 1 aromatic rings. The summed E-state index contributed by atoms with van der Waals surface area (Å²) in [7, 11) is 0. The molecule has 2 amide bonds. The van der Waals surface area contributed by atoms with E-state index in [-0.39, 0.29) is 18.1 Å². The number of carbonyl (C=O) groups is 2. The lowest BCUT2D eigenvalue weighted by Gasteiger charge is -2.22. The molecule has 110 valence electrons. The van der Waals surface area contributed by atoms with Crippen molar-refractivity contribution < 1.29 is 19.1 Å². The Kier molecular flexibility index (Phi) is 4.90. The molecule has 0 aromatic heterocycles. The fraction of sp³-hybridized carbons (Fsp3) is 0.333. The monoisotopic (exact) mass is 290 g/mol. The summed E-state index contributed by atoms with van der Waals surface area (Å²) >= 11 is 0. The number of aliphatic hydroxyl groups is 1. The Bertz CT molecular complexity index is 619. The Labute approximate surface area is 121 Å². The maximum atomic E-state index is 13.7. The van der Waals surface area contributed by atoms with E-state index in [1.54, 1.807) is 0 Å². The number of hydrogen-bond acceptors (Lipinski definition) is 3. The van der Waals surface area contributed by atoms with Gasteiger partial charge in [0.15, 0.2) is 0 Å². The average Bonchev–Trinajstić information content (AvgIpc) is 2.48. The Morgan fingerprint density at radius 3 is 3.05 bits per heavy atom. The van der Waals surface area contributed by atoms with Crippen molar-refractivity contribution in [1.82, 2.24) is 10.6 Å². The first-order chi connectivity index (χ1) is 10.1. The van der Waals surface area contributed by atoms with Gasteiger partial charge < -0.3 is 15.7 Å². The Hall–Kier alpha value is -2.39. The minimum atomic E-state index is -0.682. The third-order valence-electron chi connectivity index (χ3n) is 3.11. The van der Waals surface area contributed by atoms with Crippen molar-refractivity contribution >= 4 is 11.8 Å². The van der Waals surface area contributed by atoms with E-state index in [0.717, 1.165) is 12.5 Å². The molecule has 1 unspecified atom stereocenters. The van der Waals surface area contributed by atoms with E-state index >= 15 is 0 Å². The molecule has 3 N–H and O–H groups in total. The zero-order valence-corrected chi connectivity index (χ0v) is 11.3. The van der Waals surface area contributed by atoms with Crippen LogP contribution in [0.25, 0.3) is 0 Å². The van der Waals surface area contributed by atoms with Crippen LogP contribution in [0.1, 0.15) is 28.8 Å². The summed E-state index contributed by atoms with van der Waals surface area (Å²) in [5, 5.41) is 13.8. The average molecular weight is 290 g/mol. The molecule has 0 saturated carbocycles. The molecule has 1 aliphatic rings. The van der Waals surface area contributed by atoms with E-state index in [9.17, 15) is 14.0 Å². The largest absolute Gasteiger partial charge is 0.384 e. The van der Waals surface area contributed by atoms with Crippen molar-refractivity contribution in [3.8, 4) is 11.8 Å². The van der Waals surface area contributed by atoms with Crippen molar-refractivity contribution in [2.75, 3.05) is 13.2 Å². The zero-order valence-electron chi connectivity index (χ0n) is 11.3. The second-order valence-corrected chi connectivity index (χ2v) is 4.61. The van der Waals surface area contributed by atoms with Crippen molar-refractivity contribution in [2.45, 2.75) is 18.9 Å². The minimum Gasteiger partial charge on any atom is -0.384 e. The van der Waals surface area contributed by atoms with Crippen LogP contribution in [0.2, 0.25) is 0 Å². The van der Waals surface area contributed by atoms with Crippen LogP contribution >= 0.6 is 0 Å². The van der Waals surface area contributed by atoms with Crippen LogP contribution in [0.15, 0.2) is 18.2 Å². The van der Waals surface area contributed by atoms with Crippen molar-refractivity contribution in [3.05, 3.63) is 35.1 Å². The number of halogens is 1. The fourth-order valence-electron chi connectivity index (χ4n) is 2.06. The molecule has 0 spiro atoms. The van der Waals surface area contributed by atoms with E-state index in [0.29, 0.717) is 18.5 Å².